The Balaban J connectivity index is 0.705. The summed E-state index contributed by atoms with van der Waals surface area (Å²) in [6.45, 7) is 4.49. The fraction of sp³-hybridized carbons (Fsp3) is 0.417. The van der Waals surface area contributed by atoms with Gasteiger partial charge in [-0.2, -0.15) is 5.10 Å². The lowest BCUT2D eigenvalue weighted by molar-refractivity contribution is -0.136. The summed E-state index contributed by atoms with van der Waals surface area (Å²) >= 11 is 0. The molecule has 6 amide bonds. The first kappa shape index (κ1) is 41.2. The van der Waals surface area contributed by atoms with Crippen LogP contribution in [0.2, 0.25) is 0 Å². The molecule has 16 nitrogen and oxygen atoms in total. The predicted molar refractivity (Wildman–Crippen MR) is 239 cm³/mol. The maximum Gasteiger partial charge on any atom is 0.320 e. The standard InChI is InChI=1S/C48H52N10O6/c49-43-41-42(32-10-13-36(14-11-32)64-35-6-2-1-3-7-35)53-58(44(41)51-29-50-43)34-5-4-22-56(28-34)48(63)55-25-20-31(21-26-55)9-8-30-18-23-54(24-19-30)33-12-15-37-38(27-33)47(62)57(46(37)61)39-16-17-40(59)52-45(39)60/h1-3,6-7,10-15,27,29-31,34,39H,4-5,8-9,16-26,28H2,(H2,49,50,51)(H,52,59,60)/t34-,39?/m1/s1. The van der Waals surface area contributed by atoms with Gasteiger partial charge in [0.05, 0.1) is 22.6 Å². The zero-order chi connectivity index (χ0) is 43.9. The maximum absolute atomic E-state index is 14.0. The van der Waals surface area contributed by atoms with Crippen LogP contribution in [0.3, 0.4) is 0 Å². The van der Waals surface area contributed by atoms with Crippen molar-refractivity contribution in [2.75, 3.05) is 49.9 Å². The first-order valence-electron chi connectivity index (χ1n) is 22.6. The summed E-state index contributed by atoms with van der Waals surface area (Å²) in [5, 5.41) is 8.04. The summed E-state index contributed by atoms with van der Waals surface area (Å²) in [4.78, 5) is 80.9. The van der Waals surface area contributed by atoms with Crippen molar-refractivity contribution < 1.29 is 28.7 Å². The van der Waals surface area contributed by atoms with E-state index in [-0.39, 0.29) is 24.9 Å². The minimum Gasteiger partial charge on any atom is -0.457 e. The summed E-state index contributed by atoms with van der Waals surface area (Å²) in [6.07, 6.45) is 9.81. The number of ether oxygens (including phenoxy) is 1. The smallest absolute Gasteiger partial charge is 0.320 e. The van der Waals surface area contributed by atoms with E-state index in [2.05, 4.69) is 20.2 Å². The lowest BCUT2D eigenvalue weighted by atomic mass is 9.85. The third-order valence-corrected chi connectivity index (χ3v) is 13.9. The van der Waals surface area contributed by atoms with Gasteiger partial charge >= 0.3 is 6.03 Å². The van der Waals surface area contributed by atoms with E-state index >= 15 is 0 Å². The number of carbonyl (C=O) groups is 5. The van der Waals surface area contributed by atoms with E-state index in [1.54, 1.807) is 12.1 Å². The number of urea groups is 1. The molecule has 7 heterocycles. The van der Waals surface area contributed by atoms with Gasteiger partial charge < -0.3 is 25.2 Å². The first-order valence-corrected chi connectivity index (χ1v) is 22.6. The maximum atomic E-state index is 14.0. The molecule has 10 rings (SSSR count). The summed E-state index contributed by atoms with van der Waals surface area (Å²) in [5.74, 6) is 1.06. The third-order valence-electron chi connectivity index (χ3n) is 13.9. The van der Waals surface area contributed by atoms with E-state index in [1.807, 2.05) is 75.1 Å². The Morgan fingerprint density at radius 2 is 1.45 bits per heavy atom. The molecule has 4 saturated heterocycles. The molecule has 16 heteroatoms. The second kappa shape index (κ2) is 17.4. The van der Waals surface area contributed by atoms with Crippen LogP contribution in [-0.4, -0.2) is 109 Å². The number of hydrogen-bond donors (Lipinski definition) is 2. The van der Waals surface area contributed by atoms with Gasteiger partial charge in [0.25, 0.3) is 11.8 Å². The number of nitrogens with zero attached hydrogens (tertiary/aromatic N) is 8. The minimum absolute atomic E-state index is 0.0577. The van der Waals surface area contributed by atoms with E-state index in [0.29, 0.717) is 64.3 Å². The zero-order valence-electron chi connectivity index (χ0n) is 35.7. The Bertz CT molecular complexity index is 2600. The molecule has 2 atom stereocenters. The van der Waals surface area contributed by atoms with Crippen LogP contribution in [-0.2, 0) is 9.59 Å². The summed E-state index contributed by atoms with van der Waals surface area (Å²) < 4.78 is 7.96. The van der Waals surface area contributed by atoms with Gasteiger partial charge in [0.2, 0.25) is 11.8 Å². The Hall–Kier alpha value is -6.84. The molecule has 0 bridgehead atoms. The van der Waals surface area contributed by atoms with Crippen LogP contribution in [0.15, 0.2) is 79.1 Å². The van der Waals surface area contributed by atoms with E-state index in [1.165, 1.54) is 6.33 Å². The summed E-state index contributed by atoms with van der Waals surface area (Å²) in [5.41, 5.74) is 10.2. The number of rotatable bonds is 9. The molecule has 3 N–H and O–H groups in total. The Labute approximate surface area is 370 Å². The van der Waals surface area contributed by atoms with E-state index < -0.39 is 29.7 Å². The molecular weight excluding hydrogens is 813 g/mol. The minimum atomic E-state index is -0.973. The zero-order valence-corrected chi connectivity index (χ0v) is 35.7. The van der Waals surface area contributed by atoms with Crippen molar-refractivity contribution >= 4 is 52.2 Å². The molecule has 3 aromatic carbocycles. The van der Waals surface area contributed by atoms with Gasteiger partial charge in [-0.15, -0.1) is 0 Å². The molecule has 5 aliphatic rings. The Kier molecular flexibility index (Phi) is 11.2. The first-order chi connectivity index (χ1) is 31.2. The number of nitrogen functional groups attached to an aromatic ring is 1. The number of imide groups is 2. The molecular formula is C48H52N10O6. The number of fused-ring (bicyclic) bond motifs is 2. The molecule has 5 aromatic rings. The monoisotopic (exact) mass is 864 g/mol. The number of para-hydroxylation sites is 1. The molecule has 1 unspecified atom stereocenters. The number of anilines is 2. The van der Waals surface area contributed by atoms with Crippen LogP contribution < -0.4 is 20.7 Å². The molecule has 0 radical (unpaired) electrons. The van der Waals surface area contributed by atoms with Crippen molar-refractivity contribution in [3.05, 3.63) is 90.3 Å². The number of aromatic nitrogens is 4. The highest BCUT2D eigenvalue weighted by Gasteiger charge is 2.45. The number of nitrogens with two attached hydrogens (primary N) is 1. The average molecular weight is 865 g/mol. The summed E-state index contributed by atoms with van der Waals surface area (Å²) in [6, 6.07) is 21.8. The lowest BCUT2D eigenvalue weighted by Gasteiger charge is -2.39. The van der Waals surface area contributed by atoms with Crippen LogP contribution in [0.1, 0.15) is 91.0 Å². The van der Waals surface area contributed by atoms with Crippen molar-refractivity contribution in [2.24, 2.45) is 11.8 Å². The van der Waals surface area contributed by atoms with Crippen molar-refractivity contribution in [1.82, 2.24) is 39.8 Å². The number of likely N-dealkylation sites (tertiary alicyclic amines) is 2. The van der Waals surface area contributed by atoms with Gasteiger partial charge in [0.1, 0.15) is 35.4 Å². The number of nitrogens with one attached hydrogen (secondary N) is 1. The van der Waals surface area contributed by atoms with Crippen LogP contribution in [0, 0.1) is 11.8 Å². The Morgan fingerprint density at radius 1 is 0.750 bits per heavy atom. The highest BCUT2D eigenvalue weighted by Crippen LogP contribution is 2.37. The SMILES string of the molecule is Nc1ncnc2c1c(-c1ccc(Oc3ccccc3)cc1)nn2[C@@H]1CCCN(C(=O)N2CCC(CCC3CCN(c4ccc5c(c4)C(=O)N(C4CCC(=O)NC4=O)C5=O)CC3)CC2)C1. The van der Waals surface area contributed by atoms with Crippen LogP contribution in [0.4, 0.5) is 16.3 Å². The van der Waals surface area contributed by atoms with Crippen molar-refractivity contribution in [3.63, 3.8) is 0 Å². The number of benzene rings is 3. The van der Waals surface area contributed by atoms with E-state index in [4.69, 9.17) is 15.6 Å². The highest BCUT2D eigenvalue weighted by atomic mass is 16.5. The third kappa shape index (κ3) is 8.01. The van der Waals surface area contributed by atoms with Crippen molar-refractivity contribution in [1.29, 1.82) is 0 Å². The van der Waals surface area contributed by atoms with Gasteiger partial charge in [-0.05, 0) is 111 Å². The molecule has 64 heavy (non-hydrogen) atoms. The second-order valence-electron chi connectivity index (χ2n) is 17.8. The number of amides is 6. The molecule has 2 aromatic heterocycles. The van der Waals surface area contributed by atoms with Gasteiger partial charge in [0, 0.05) is 56.9 Å². The van der Waals surface area contributed by atoms with Gasteiger partial charge in [0.15, 0.2) is 5.65 Å². The lowest BCUT2D eigenvalue weighted by Crippen LogP contribution is -2.54. The normalized spacial score (nSPS) is 21.1. The van der Waals surface area contributed by atoms with E-state index in [0.717, 1.165) is 99.4 Å². The van der Waals surface area contributed by atoms with Crippen molar-refractivity contribution in [3.8, 4) is 22.8 Å². The quantitative estimate of drug-likeness (QED) is 0.155. The van der Waals surface area contributed by atoms with Gasteiger partial charge in [-0.25, -0.2) is 19.4 Å². The summed E-state index contributed by atoms with van der Waals surface area (Å²) in [7, 11) is 0. The average Bonchev–Trinajstić information content (AvgIpc) is 3.84. The van der Waals surface area contributed by atoms with Crippen molar-refractivity contribution in [2.45, 2.75) is 76.3 Å². The topological polar surface area (TPSA) is 189 Å². The number of piperidine rings is 4. The largest absolute Gasteiger partial charge is 0.457 e. The molecule has 4 fully saturated rings. The molecule has 330 valence electrons. The molecule has 0 aliphatic carbocycles. The van der Waals surface area contributed by atoms with Crippen LogP contribution in [0.25, 0.3) is 22.3 Å². The second-order valence-corrected chi connectivity index (χ2v) is 17.8. The fourth-order valence-electron chi connectivity index (χ4n) is 10.3. The van der Waals surface area contributed by atoms with E-state index in [9.17, 15) is 24.0 Å². The predicted octanol–water partition coefficient (Wildman–Crippen LogP) is 6.43. The van der Waals surface area contributed by atoms with Crippen LogP contribution >= 0.6 is 0 Å². The number of hydrogen-bond acceptors (Lipinski definition) is 11. The molecule has 0 spiro atoms. The van der Waals surface area contributed by atoms with Gasteiger partial charge in [-0.1, -0.05) is 31.0 Å². The highest BCUT2D eigenvalue weighted by molar-refractivity contribution is 6.23. The molecule has 5 aliphatic heterocycles. The Morgan fingerprint density at radius 3 is 2.19 bits per heavy atom. The van der Waals surface area contributed by atoms with Crippen LogP contribution in [0.5, 0.6) is 11.5 Å². The van der Waals surface area contributed by atoms with Gasteiger partial charge in [-0.3, -0.25) is 29.4 Å². The molecule has 0 saturated carbocycles. The fourth-order valence-corrected chi connectivity index (χ4v) is 10.3. The number of carbonyl (C=O) groups excluding carboxylic acids is 5.